The first-order valence-electron chi connectivity index (χ1n) is 5.96. The van der Waals surface area contributed by atoms with Gasteiger partial charge in [-0.15, -0.1) is 0 Å². The van der Waals surface area contributed by atoms with E-state index in [1.165, 1.54) is 19.2 Å². The molecule has 0 aliphatic rings. The van der Waals surface area contributed by atoms with Gasteiger partial charge in [-0.1, -0.05) is 24.3 Å². The molecule has 0 aliphatic heterocycles. The molecule has 0 bridgehead atoms. The van der Waals surface area contributed by atoms with E-state index < -0.39 is 10.9 Å². The first-order valence-corrected chi connectivity index (χ1v) is 5.96. The Labute approximate surface area is 116 Å². The molecule has 0 amide bonds. The van der Waals surface area contributed by atoms with Crippen molar-refractivity contribution >= 4 is 11.7 Å². The Kier molecular flexibility index (Phi) is 3.79. The second kappa shape index (κ2) is 5.52. The summed E-state index contributed by atoms with van der Waals surface area (Å²) in [5, 5.41) is 11.0. The lowest BCUT2D eigenvalue weighted by molar-refractivity contribution is -0.384. The molecule has 0 radical (unpaired) electrons. The number of methoxy groups -OCH3 is 1. The third-order valence-electron chi connectivity index (χ3n) is 3.01. The molecule has 2 aromatic carbocycles. The highest BCUT2D eigenvalue weighted by Crippen LogP contribution is 2.28. The minimum absolute atomic E-state index is 0.133. The van der Waals surface area contributed by atoms with Gasteiger partial charge in [-0.05, 0) is 29.7 Å². The average Bonchev–Trinajstić information content (AvgIpc) is 2.46. The Hall–Kier alpha value is -2.69. The molecule has 0 saturated carbocycles. The molecule has 0 unspecified atom stereocenters. The largest absolute Gasteiger partial charge is 0.465 e. The molecule has 0 saturated heterocycles. The molecule has 0 fully saturated rings. The molecule has 20 heavy (non-hydrogen) atoms. The van der Waals surface area contributed by atoms with Crippen LogP contribution in [0.5, 0.6) is 0 Å². The fourth-order valence-electron chi connectivity index (χ4n) is 2.00. The normalized spacial score (nSPS) is 10.1. The van der Waals surface area contributed by atoms with E-state index in [1.54, 1.807) is 6.07 Å². The summed E-state index contributed by atoms with van der Waals surface area (Å²) >= 11 is 0. The average molecular weight is 271 g/mol. The third kappa shape index (κ3) is 2.66. The summed E-state index contributed by atoms with van der Waals surface area (Å²) in [6.07, 6.45) is 0. The van der Waals surface area contributed by atoms with Crippen molar-refractivity contribution in [3.8, 4) is 11.1 Å². The highest BCUT2D eigenvalue weighted by Gasteiger charge is 2.16. The topological polar surface area (TPSA) is 69.4 Å². The monoisotopic (exact) mass is 271 g/mol. The number of rotatable bonds is 3. The summed E-state index contributed by atoms with van der Waals surface area (Å²) in [6.45, 7) is 1.91. The van der Waals surface area contributed by atoms with E-state index >= 15 is 0 Å². The number of carbonyl (C=O) groups is 1. The first kappa shape index (κ1) is 13.7. The maximum absolute atomic E-state index is 11.6. The fourth-order valence-corrected chi connectivity index (χ4v) is 2.00. The lowest BCUT2D eigenvalue weighted by Gasteiger charge is -2.07. The van der Waals surface area contributed by atoms with Crippen LogP contribution in [0.4, 0.5) is 5.69 Å². The van der Waals surface area contributed by atoms with Gasteiger partial charge < -0.3 is 4.74 Å². The van der Waals surface area contributed by atoms with Crippen molar-refractivity contribution in [3.63, 3.8) is 0 Å². The Morgan fingerprint density at radius 3 is 2.50 bits per heavy atom. The van der Waals surface area contributed by atoms with E-state index in [9.17, 15) is 14.9 Å². The van der Waals surface area contributed by atoms with E-state index in [0.29, 0.717) is 5.56 Å². The maximum atomic E-state index is 11.6. The van der Waals surface area contributed by atoms with E-state index in [2.05, 4.69) is 4.74 Å². The van der Waals surface area contributed by atoms with Gasteiger partial charge in [0, 0.05) is 12.1 Å². The van der Waals surface area contributed by atoms with E-state index in [4.69, 9.17) is 0 Å². The molecule has 0 spiro atoms. The van der Waals surface area contributed by atoms with Crippen LogP contribution in [-0.4, -0.2) is 18.0 Å². The highest BCUT2D eigenvalue weighted by atomic mass is 16.6. The SMILES string of the molecule is COC(=O)c1cc(-c2ccccc2C)cc([N+](=O)[O-])c1. The van der Waals surface area contributed by atoms with Crippen LogP contribution in [0.2, 0.25) is 0 Å². The maximum Gasteiger partial charge on any atom is 0.338 e. The van der Waals surface area contributed by atoms with Crippen molar-refractivity contribution in [1.82, 2.24) is 0 Å². The highest BCUT2D eigenvalue weighted by molar-refractivity contribution is 5.92. The van der Waals surface area contributed by atoms with Crippen molar-refractivity contribution in [3.05, 3.63) is 63.7 Å². The Morgan fingerprint density at radius 2 is 1.90 bits per heavy atom. The second-order valence-electron chi connectivity index (χ2n) is 4.33. The molecule has 102 valence electrons. The predicted molar refractivity (Wildman–Crippen MR) is 74.6 cm³/mol. The van der Waals surface area contributed by atoms with Crippen molar-refractivity contribution in [2.24, 2.45) is 0 Å². The van der Waals surface area contributed by atoms with Crippen LogP contribution in [-0.2, 0) is 4.74 Å². The number of benzene rings is 2. The molecule has 5 heteroatoms. The number of hydrogen-bond donors (Lipinski definition) is 0. The Bertz CT molecular complexity index is 679. The lowest BCUT2D eigenvalue weighted by atomic mass is 9.98. The predicted octanol–water partition coefficient (Wildman–Crippen LogP) is 3.36. The molecule has 0 atom stereocenters. The second-order valence-corrected chi connectivity index (χ2v) is 4.33. The number of ether oxygens (including phenoxy) is 1. The summed E-state index contributed by atoms with van der Waals surface area (Å²) < 4.78 is 4.63. The quantitative estimate of drug-likeness (QED) is 0.487. The zero-order valence-corrected chi connectivity index (χ0v) is 11.1. The van der Waals surface area contributed by atoms with E-state index in [1.807, 2.05) is 31.2 Å². The molecule has 0 N–H and O–H groups in total. The van der Waals surface area contributed by atoms with Crippen molar-refractivity contribution < 1.29 is 14.5 Å². The number of esters is 1. The number of carbonyl (C=O) groups excluding carboxylic acids is 1. The lowest BCUT2D eigenvalue weighted by Crippen LogP contribution is -2.03. The van der Waals surface area contributed by atoms with Crippen LogP contribution in [0, 0.1) is 17.0 Å². The number of nitro benzene ring substituents is 1. The molecule has 0 aliphatic carbocycles. The van der Waals surface area contributed by atoms with E-state index in [0.717, 1.165) is 11.1 Å². The molecule has 0 aromatic heterocycles. The van der Waals surface area contributed by atoms with Gasteiger partial charge in [0.25, 0.3) is 5.69 Å². The van der Waals surface area contributed by atoms with Gasteiger partial charge in [-0.3, -0.25) is 10.1 Å². The van der Waals surface area contributed by atoms with E-state index in [-0.39, 0.29) is 11.3 Å². The van der Waals surface area contributed by atoms with Crippen LogP contribution < -0.4 is 0 Å². The number of non-ortho nitro benzene ring substituents is 1. The van der Waals surface area contributed by atoms with Crippen molar-refractivity contribution in [1.29, 1.82) is 0 Å². The summed E-state index contributed by atoms with van der Waals surface area (Å²) in [6, 6.07) is 11.8. The van der Waals surface area contributed by atoms with Crippen LogP contribution >= 0.6 is 0 Å². The summed E-state index contributed by atoms with van der Waals surface area (Å²) in [7, 11) is 1.24. The number of aryl methyl sites for hydroxylation is 1. The zero-order chi connectivity index (χ0) is 14.7. The minimum Gasteiger partial charge on any atom is -0.465 e. The van der Waals surface area contributed by atoms with Crippen LogP contribution in [0.1, 0.15) is 15.9 Å². The van der Waals surface area contributed by atoms with Gasteiger partial charge in [0.1, 0.15) is 0 Å². The third-order valence-corrected chi connectivity index (χ3v) is 3.01. The zero-order valence-electron chi connectivity index (χ0n) is 11.1. The number of nitrogens with zero attached hydrogens (tertiary/aromatic N) is 1. The van der Waals surface area contributed by atoms with Crippen LogP contribution in [0.3, 0.4) is 0 Å². The fraction of sp³-hybridized carbons (Fsp3) is 0.133. The number of hydrogen-bond acceptors (Lipinski definition) is 4. The Morgan fingerprint density at radius 1 is 1.20 bits per heavy atom. The van der Waals surface area contributed by atoms with Gasteiger partial charge in [0.2, 0.25) is 0 Å². The van der Waals surface area contributed by atoms with Crippen molar-refractivity contribution in [2.45, 2.75) is 6.92 Å². The van der Waals surface area contributed by atoms with Crippen molar-refractivity contribution in [2.75, 3.05) is 7.11 Å². The summed E-state index contributed by atoms with van der Waals surface area (Å²) in [5.41, 5.74) is 2.48. The minimum atomic E-state index is -0.594. The summed E-state index contributed by atoms with van der Waals surface area (Å²) in [5.74, 6) is -0.594. The molecule has 2 aromatic rings. The first-order chi connectivity index (χ1) is 9.52. The smallest absolute Gasteiger partial charge is 0.338 e. The van der Waals surface area contributed by atoms with Gasteiger partial charge in [-0.2, -0.15) is 0 Å². The standard InChI is InChI=1S/C15H13NO4/c1-10-5-3-4-6-14(10)11-7-12(15(17)20-2)9-13(8-11)16(18)19/h3-9H,1-2H3. The van der Waals surface area contributed by atoms with Crippen LogP contribution in [0.25, 0.3) is 11.1 Å². The molecule has 5 nitrogen and oxygen atoms in total. The number of nitro groups is 1. The Balaban J connectivity index is 2.64. The van der Waals surface area contributed by atoms with Gasteiger partial charge in [0.15, 0.2) is 0 Å². The molecule has 2 rings (SSSR count). The van der Waals surface area contributed by atoms with Gasteiger partial charge in [0.05, 0.1) is 17.6 Å². The van der Waals surface area contributed by atoms with Gasteiger partial charge >= 0.3 is 5.97 Å². The van der Waals surface area contributed by atoms with Gasteiger partial charge in [-0.25, -0.2) is 4.79 Å². The summed E-state index contributed by atoms with van der Waals surface area (Å²) in [4.78, 5) is 22.1. The molecular weight excluding hydrogens is 258 g/mol. The molecular formula is C15H13NO4. The van der Waals surface area contributed by atoms with Crippen LogP contribution in [0.15, 0.2) is 42.5 Å². The molecule has 0 heterocycles.